The van der Waals surface area contributed by atoms with Crippen LogP contribution in [0, 0.1) is 0 Å². The molecular formula is H4Na2O3S2. The molecule has 7 heavy (non-hydrogen) atoms. The van der Waals surface area contributed by atoms with Gasteiger partial charge in [0.25, 0.3) is 11.4 Å². The van der Waals surface area contributed by atoms with Crippen LogP contribution in [0.4, 0.5) is 0 Å². The average Bonchev–Trinajstić information content (AvgIpc) is 0.811. The fourth-order valence-electron chi connectivity index (χ4n) is 0. The SMILES string of the molecule is O=S(O)O.[Na+].[NaH].[SH-]. The van der Waals surface area contributed by atoms with Crippen molar-refractivity contribution in [3.05, 3.63) is 0 Å². The number of rotatable bonds is 0. The predicted molar refractivity (Wildman–Crippen MR) is 29.3 cm³/mol. The number of thiol groups is 1. The smallest absolute Gasteiger partial charge is 0.813 e. The molecule has 0 rings (SSSR count). The first-order chi connectivity index (χ1) is 1.73. The van der Waals surface area contributed by atoms with Gasteiger partial charge in [-0.25, -0.2) is 0 Å². The van der Waals surface area contributed by atoms with Crippen LogP contribution in [0.3, 0.4) is 0 Å². The monoisotopic (exact) mass is 162 g/mol. The minimum atomic E-state index is -2.61. The second kappa shape index (κ2) is 15.8. The first kappa shape index (κ1) is 22.7. The van der Waals surface area contributed by atoms with E-state index < -0.39 is 11.4 Å². The molecule has 0 atom stereocenters. The summed E-state index contributed by atoms with van der Waals surface area (Å²) in [5.74, 6) is 0. The zero-order chi connectivity index (χ0) is 3.58. The van der Waals surface area contributed by atoms with Crippen LogP contribution in [0.15, 0.2) is 0 Å². The Balaban J connectivity index is -0.0000000150. The molecule has 0 saturated carbocycles. The van der Waals surface area contributed by atoms with Gasteiger partial charge in [-0.2, -0.15) is 4.21 Å². The molecule has 0 saturated heterocycles. The van der Waals surface area contributed by atoms with E-state index in [4.69, 9.17) is 13.3 Å². The first-order valence-electron chi connectivity index (χ1n) is 0.532. The van der Waals surface area contributed by atoms with E-state index in [-0.39, 0.29) is 72.6 Å². The maximum Gasteiger partial charge on any atom is -0.813 e. The van der Waals surface area contributed by atoms with Gasteiger partial charge in [0.05, 0.1) is 0 Å². The molecule has 0 aromatic rings. The standard InChI is InChI=1S/2Na.H2O3S.H2S.H/c;;1-4(2)3;;/h;;(H2,1,2,3);1H2;/q;+1;;;/p-1. The second-order valence-electron chi connectivity index (χ2n) is 0.231. The van der Waals surface area contributed by atoms with Crippen molar-refractivity contribution in [3.63, 3.8) is 0 Å². The van der Waals surface area contributed by atoms with Crippen molar-refractivity contribution in [2.75, 3.05) is 0 Å². The van der Waals surface area contributed by atoms with Crippen molar-refractivity contribution >= 4 is 54.4 Å². The molecule has 0 aliphatic heterocycles. The Kier molecular flexibility index (Phi) is 51.3. The second-order valence-corrected chi connectivity index (χ2v) is 0.692. The van der Waals surface area contributed by atoms with Gasteiger partial charge >= 0.3 is 59.1 Å². The van der Waals surface area contributed by atoms with Crippen molar-refractivity contribution in [2.24, 2.45) is 0 Å². The van der Waals surface area contributed by atoms with Gasteiger partial charge in [-0.15, -0.1) is 0 Å². The maximum absolute atomic E-state index is 8.67. The van der Waals surface area contributed by atoms with E-state index in [1.165, 1.54) is 0 Å². The molecule has 0 fully saturated rings. The molecule has 36 valence electrons. The molecule has 0 aromatic carbocycles. The summed E-state index contributed by atoms with van der Waals surface area (Å²) in [5.41, 5.74) is 0. The van der Waals surface area contributed by atoms with Crippen LogP contribution < -0.4 is 29.6 Å². The summed E-state index contributed by atoms with van der Waals surface area (Å²) in [5, 5.41) is 0. The molecule has 0 radical (unpaired) electrons. The molecule has 0 spiro atoms. The van der Waals surface area contributed by atoms with E-state index in [0.29, 0.717) is 0 Å². The third-order valence-electron chi connectivity index (χ3n) is 0. The van der Waals surface area contributed by atoms with E-state index in [9.17, 15) is 0 Å². The Labute approximate surface area is 95.8 Å². The molecule has 0 aliphatic carbocycles. The van der Waals surface area contributed by atoms with Crippen LogP contribution >= 0.6 is 0 Å². The summed E-state index contributed by atoms with van der Waals surface area (Å²) in [6.07, 6.45) is 0. The van der Waals surface area contributed by atoms with Crippen molar-refractivity contribution in [2.45, 2.75) is 0 Å². The Hall–Kier alpha value is 2.42. The minimum absolute atomic E-state index is 0. The molecule has 0 heterocycles. The summed E-state index contributed by atoms with van der Waals surface area (Å²) in [7, 11) is 0. The average molecular weight is 162 g/mol. The Morgan fingerprint density at radius 3 is 1.29 bits per heavy atom. The third-order valence-corrected chi connectivity index (χ3v) is 0. The largest absolute Gasteiger partial charge is 0.813 e. The molecule has 0 aromatic heterocycles. The van der Waals surface area contributed by atoms with Gasteiger partial charge in [0.15, 0.2) is 0 Å². The molecule has 0 amide bonds. The van der Waals surface area contributed by atoms with Gasteiger partial charge in [-0.05, 0) is 0 Å². The Morgan fingerprint density at radius 2 is 1.29 bits per heavy atom. The van der Waals surface area contributed by atoms with Crippen LogP contribution in [-0.4, -0.2) is 42.9 Å². The van der Waals surface area contributed by atoms with E-state index in [2.05, 4.69) is 0 Å². The molecule has 0 unspecified atom stereocenters. The molecule has 2 N–H and O–H groups in total. The number of hydrogen-bond acceptors (Lipinski definition) is 2. The van der Waals surface area contributed by atoms with Gasteiger partial charge in [0.1, 0.15) is 0 Å². The molecule has 0 bridgehead atoms. The zero-order valence-corrected chi connectivity index (χ0v) is 6.87. The van der Waals surface area contributed by atoms with E-state index in [0.717, 1.165) is 0 Å². The van der Waals surface area contributed by atoms with Gasteiger partial charge in [0, 0.05) is 0 Å². The molecule has 7 heteroatoms. The summed E-state index contributed by atoms with van der Waals surface area (Å²) < 4.78 is 22.8. The predicted octanol–water partition coefficient (Wildman–Crippen LogP) is -4.23. The van der Waals surface area contributed by atoms with Crippen molar-refractivity contribution in [1.82, 2.24) is 0 Å². The topological polar surface area (TPSA) is 57.5 Å². The Morgan fingerprint density at radius 1 is 1.29 bits per heavy atom. The van der Waals surface area contributed by atoms with Crippen LogP contribution in [0.25, 0.3) is 0 Å². The van der Waals surface area contributed by atoms with E-state index >= 15 is 0 Å². The van der Waals surface area contributed by atoms with Gasteiger partial charge in [0.2, 0.25) is 0 Å². The van der Waals surface area contributed by atoms with E-state index in [1.807, 2.05) is 0 Å². The van der Waals surface area contributed by atoms with Crippen LogP contribution in [0.2, 0.25) is 0 Å². The van der Waals surface area contributed by atoms with Gasteiger partial charge in [-0.1, -0.05) is 0 Å². The molecule has 0 aliphatic rings. The summed E-state index contributed by atoms with van der Waals surface area (Å²) in [6, 6.07) is 0. The third kappa shape index (κ3) is 59.3. The molecular weight excluding hydrogens is 158 g/mol. The van der Waals surface area contributed by atoms with Crippen molar-refractivity contribution < 1.29 is 42.9 Å². The van der Waals surface area contributed by atoms with Crippen LogP contribution in [0.1, 0.15) is 0 Å². The van der Waals surface area contributed by atoms with Crippen LogP contribution in [-0.2, 0) is 24.9 Å². The fraction of sp³-hybridized carbons (Fsp3) is 0. The first-order valence-corrected chi connectivity index (χ1v) is 1.60. The van der Waals surface area contributed by atoms with Gasteiger partial charge < -0.3 is 13.5 Å². The van der Waals surface area contributed by atoms with Crippen molar-refractivity contribution in [3.8, 4) is 0 Å². The minimum Gasteiger partial charge on any atom is -0.813 e. The zero-order valence-electron chi connectivity index (χ0n) is 3.16. The summed E-state index contributed by atoms with van der Waals surface area (Å²) >= 11 is -2.61. The molecule has 3 nitrogen and oxygen atoms in total. The van der Waals surface area contributed by atoms with Crippen molar-refractivity contribution in [1.29, 1.82) is 0 Å². The van der Waals surface area contributed by atoms with Crippen LogP contribution in [0.5, 0.6) is 0 Å². The Bertz CT molecular complexity index is 33.9. The number of hydrogen-bond donors (Lipinski definition) is 2. The normalized spacial score (nSPS) is 5.00. The van der Waals surface area contributed by atoms with Gasteiger partial charge in [-0.3, -0.25) is 9.11 Å². The summed E-state index contributed by atoms with van der Waals surface area (Å²) in [4.78, 5) is 0. The van der Waals surface area contributed by atoms with E-state index in [1.54, 1.807) is 0 Å². The quantitative estimate of drug-likeness (QED) is 0.164. The fourth-order valence-corrected chi connectivity index (χ4v) is 0. The summed E-state index contributed by atoms with van der Waals surface area (Å²) in [6.45, 7) is 0. The maximum atomic E-state index is 8.67.